The number of carbonyl (C=O) groups excluding carboxylic acids is 2. The quantitative estimate of drug-likeness (QED) is 0.841. The molecule has 1 aromatic rings. The minimum atomic E-state index is -0.160. The molecule has 0 bridgehead atoms. The van der Waals surface area contributed by atoms with E-state index < -0.39 is 0 Å². The summed E-state index contributed by atoms with van der Waals surface area (Å²) in [6, 6.07) is 3.28. The number of pyridine rings is 1. The van der Waals surface area contributed by atoms with E-state index in [2.05, 4.69) is 10.3 Å². The van der Waals surface area contributed by atoms with E-state index in [0.717, 1.165) is 0 Å². The van der Waals surface area contributed by atoms with E-state index >= 15 is 0 Å². The SMILES string of the molecule is CCN(CC)C(=O)COc1ccc(NC(C)=O)cn1. The second-order valence-electron chi connectivity index (χ2n) is 3.92. The number of aromatic nitrogens is 1. The Morgan fingerprint density at radius 1 is 1.32 bits per heavy atom. The number of anilines is 1. The van der Waals surface area contributed by atoms with Crippen molar-refractivity contribution in [3.63, 3.8) is 0 Å². The van der Waals surface area contributed by atoms with Crippen molar-refractivity contribution >= 4 is 17.5 Å². The molecular weight excluding hydrogens is 246 g/mol. The van der Waals surface area contributed by atoms with Crippen molar-refractivity contribution < 1.29 is 14.3 Å². The van der Waals surface area contributed by atoms with Gasteiger partial charge in [0.2, 0.25) is 11.8 Å². The van der Waals surface area contributed by atoms with E-state index in [9.17, 15) is 9.59 Å². The molecule has 0 saturated carbocycles. The monoisotopic (exact) mass is 265 g/mol. The highest BCUT2D eigenvalue weighted by atomic mass is 16.5. The predicted octanol–water partition coefficient (Wildman–Crippen LogP) is 1.29. The van der Waals surface area contributed by atoms with Crippen molar-refractivity contribution in [2.45, 2.75) is 20.8 Å². The van der Waals surface area contributed by atoms with Crippen LogP contribution in [0.4, 0.5) is 5.69 Å². The molecule has 1 N–H and O–H groups in total. The zero-order valence-electron chi connectivity index (χ0n) is 11.5. The Morgan fingerprint density at radius 2 is 2.00 bits per heavy atom. The van der Waals surface area contributed by atoms with Crippen LogP contribution in [0.1, 0.15) is 20.8 Å². The molecular formula is C13H19N3O3. The average Bonchev–Trinajstić information content (AvgIpc) is 2.38. The Kier molecular flexibility index (Phi) is 5.78. The number of hydrogen-bond donors (Lipinski definition) is 1. The standard InChI is InChI=1S/C13H19N3O3/c1-4-16(5-2)13(18)9-19-12-7-6-11(8-14-12)15-10(3)17/h6-8H,4-5,9H2,1-3H3,(H,15,17). The summed E-state index contributed by atoms with van der Waals surface area (Å²) in [5, 5.41) is 2.60. The fraction of sp³-hybridized carbons (Fsp3) is 0.462. The summed E-state index contributed by atoms with van der Waals surface area (Å²) in [5.41, 5.74) is 0.593. The lowest BCUT2D eigenvalue weighted by Crippen LogP contribution is -2.34. The van der Waals surface area contributed by atoms with Crippen molar-refractivity contribution in [3.8, 4) is 5.88 Å². The molecule has 1 aromatic heterocycles. The molecule has 0 aliphatic rings. The summed E-state index contributed by atoms with van der Waals surface area (Å²) in [6.07, 6.45) is 1.48. The fourth-order valence-electron chi connectivity index (χ4n) is 1.55. The Bertz CT molecular complexity index is 427. The van der Waals surface area contributed by atoms with Crippen LogP contribution in [0.2, 0.25) is 0 Å². The molecule has 0 atom stereocenters. The number of nitrogens with zero attached hydrogens (tertiary/aromatic N) is 2. The molecule has 6 heteroatoms. The molecule has 0 aliphatic heterocycles. The van der Waals surface area contributed by atoms with Crippen molar-refractivity contribution in [3.05, 3.63) is 18.3 Å². The molecule has 0 radical (unpaired) electrons. The highest BCUT2D eigenvalue weighted by Gasteiger charge is 2.10. The molecule has 0 fully saturated rings. The van der Waals surface area contributed by atoms with Gasteiger partial charge in [0.25, 0.3) is 5.91 Å². The lowest BCUT2D eigenvalue weighted by molar-refractivity contribution is -0.133. The van der Waals surface area contributed by atoms with E-state index in [1.807, 2.05) is 13.8 Å². The van der Waals surface area contributed by atoms with Crippen molar-refractivity contribution in [2.75, 3.05) is 25.0 Å². The minimum Gasteiger partial charge on any atom is -0.468 e. The molecule has 0 spiro atoms. The van der Waals surface area contributed by atoms with E-state index in [1.54, 1.807) is 17.0 Å². The van der Waals surface area contributed by atoms with Crippen LogP contribution in [0.15, 0.2) is 18.3 Å². The number of carbonyl (C=O) groups is 2. The first-order valence-electron chi connectivity index (χ1n) is 6.21. The first-order chi connectivity index (χ1) is 9.06. The summed E-state index contributed by atoms with van der Waals surface area (Å²) in [7, 11) is 0. The van der Waals surface area contributed by atoms with Crippen LogP contribution in [0.3, 0.4) is 0 Å². The molecule has 1 heterocycles. The van der Waals surface area contributed by atoms with Gasteiger partial charge in [-0.1, -0.05) is 0 Å². The zero-order valence-corrected chi connectivity index (χ0v) is 11.5. The van der Waals surface area contributed by atoms with Gasteiger partial charge in [0.05, 0.1) is 11.9 Å². The highest BCUT2D eigenvalue weighted by Crippen LogP contribution is 2.11. The number of nitrogens with one attached hydrogen (secondary N) is 1. The van der Waals surface area contributed by atoms with E-state index in [-0.39, 0.29) is 18.4 Å². The van der Waals surface area contributed by atoms with Crippen LogP contribution >= 0.6 is 0 Å². The third kappa shape index (κ3) is 4.95. The Balaban J connectivity index is 2.50. The molecule has 1 rings (SSSR count). The second-order valence-corrected chi connectivity index (χ2v) is 3.92. The first kappa shape index (κ1) is 14.9. The summed E-state index contributed by atoms with van der Waals surface area (Å²) < 4.78 is 5.30. The van der Waals surface area contributed by atoms with Crippen LogP contribution < -0.4 is 10.1 Å². The van der Waals surface area contributed by atoms with Crippen LogP contribution in [0.5, 0.6) is 5.88 Å². The zero-order chi connectivity index (χ0) is 14.3. The lowest BCUT2D eigenvalue weighted by Gasteiger charge is -2.18. The van der Waals surface area contributed by atoms with E-state index in [4.69, 9.17) is 4.74 Å². The topological polar surface area (TPSA) is 71.5 Å². The first-order valence-corrected chi connectivity index (χ1v) is 6.21. The maximum absolute atomic E-state index is 11.7. The molecule has 104 valence electrons. The van der Waals surface area contributed by atoms with Gasteiger partial charge in [0.15, 0.2) is 6.61 Å². The summed E-state index contributed by atoms with van der Waals surface area (Å²) in [4.78, 5) is 28.2. The predicted molar refractivity (Wildman–Crippen MR) is 72.0 cm³/mol. The number of hydrogen-bond acceptors (Lipinski definition) is 4. The van der Waals surface area contributed by atoms with Crippen LogP contribution in [0.25, 0.3) is 0 Å². The Morgan fingerprint density at radius 3 is 2.47 bits per heavy atom. The van der Waals surface area contributed by atoms with Gasteiger partial charge in [0.1, 0.15) is 0 Å². The summed E-state index contributed by atoms with van der Waals surface area (Å²) in [5.74, 6) is 0.125. The van der Waals surface area contributed by atoms with Gasteiger partial charge in [-0.25, -0.2) is 4.98 Å². The molecule has 0 unspecified atom stereocenters. The van der Waals surface area contributed by atoms with Crippen molar-refractivity contribution in [1.82, 2.24) is 9.88 Å². The van der Waals surface area contributed by atoms with E-state index in [1.165, 1.54) is 13.1 Å². The van der Waals surface area contributed by atoms with Gasteiger partial charge < -0.3 is 15.0 Å². The Labute approximate surface area is 112 Å². The van der Waals surface area contributed by atoms with Crippen molar-refractivity contribution in [1.29, 1.82) is 0 Å². The smallest absolute Gasteiger partial charge is 0.260 e. The molecule has 2 amide bonds. The van der Waals surface area contributed by atoms with Gasteiger partial charge in [-0.05, 0) is 19.9 Å². The van der Waals surface area contributed by atoms with Gasteiger partial charge in [0, 0.05) is 26.1 Å². The van der Waals surface area contributed by atoms with Crippen molar-refractivity contribution in [2.24, 2.45) is 0 Å². The van der Waals surface area contributed by atoms with Crippen LogP contribution in [-0.4, -0.2) is 41.4 Å². The fourth-order valence-corrected chi connectivity index (χ4v) is 1.55. The van der Waals surface area contributed by atoms with Crippen LogP contribution in [-0.2, 0) is 9.59 Å². The van der Waals surface area contributed by atoms with Gasteiger partial charge in [-0.3, -0.25) is 9.59 Å². The summed E-state index contributed by atoms with van der Waals surface area (Å²) >= 11 is 0. The van der Waals surface area contributed by atoms with Gasteiger partial charge in [-0.2, -0.15) is 0 Å². The largest absolute Gasteiger partial charge is 0.468 e. The van der Waals surface area contributed by atoms with Gasteiger partial charge in [-0.15, -0.1) is 0 Å². The molecule has 19 heavy (non-hydrogen) atoms. The summed E-state index contributed by atoms with van der Waals surface area (Å²) in [6.45, 7) is 6.55. The van der Waals surface area contributed by atoms with Gasteiger partial charge >= 0.3 is 0 Å². The van der Waals surface area contributed by atoms with E-state index in [0.29, 0.717) is 24.7 Å². The van der Waals surface area contributed by atoms with Crippen LogP contribution in [0, 0.1) is 0 Å². The number of ether oxygens (including phenoxy) is 1. The number of likely N-dealkylation sites (N-methyl/N-ethyl adjacent to an activating group) is 1. The maximum Gasteiger partial charge on any atom is 0.260 e. The number of rotatable bonds is 6. The molecule has 0 aromatic carbocycles. The molecule has 6 nitrogen and oxygen atoms in total. The molecule has 0 aliphatic carbocycles. The number of amides is 2. The maximum atomic E-state index is 11.7. The second kappa shape index (κ2) is 7.35. The average molecular weight is 265 g/mol. The third-order valence-corrected chi connectivity index (χ3v) is 2.52. The third-order valence-electron chi connectivity index (χ3n) is 2.52. The lowest BCUT2D eigenvalue weighted by atomic mass is 10.4. The molecule has 0 saturated heterocycles. The highest BCUT2D eigenvalue weighted by molar-refractivity contribution is 5.88. The normalized spacial score (nSPS) is 9.84. The minimum absolute atomic E-state index is 0.0336. The Hall–Kier alpha value is -2.11.